The first-order chi connectivity index (χ1) is 14.5. The molecule has 0 bridgehead atoms. The van der Waals surface area contributed by atoms with E-state index in [-0.39, 0.29) is 18.9 Å². The van der Waals surface area contributed by atoms with Gasteiger partial charge in [-0.25, -0.2) is 4.79 Å². The minimum absolute atomic E-state index is 0.130. The maximum Gasteiger partial charge on any atom is 0.407 e. The SMILES string of the molecule is C[C@@H](OCc1ccc(CCCCC(=O)O)cc1)[C@H](CCC(N)=O)NC(=O)OC(C)(C)C. The van der Waals surface area contributed by atoms with E-state index in [4.69, 9.17) is 20.3 Å². The van der Waals surface area contributed by atoms with Crippen molar-refractivity contribution in [3.8, 4) is 0 Å². The number of benzene rings is 1. The van der Waals surface area contributed by atoms with Crippen LogP contribution >= 0.6 is 0 Å². The predicted molar refractivity (Wildman–Crippen MR) is 117 cm³/mol. The Hall–Kier alpha value is -2.61. The van der Waals surface area contributed by atoms with Gasteiger partial charge in [0, 0.05) is 12.8 Å². The third kappa shape index (κ3) is 12.6. The Bertz CT molecular complexity index is 712. The van der Waals surface area contributed by atoms with Crippen molar-refractivity contribution in [2.45, 2.75) is 90.6 Å². The van der Waals surface area contributed by atoms with Gasteiger partial charge in [-0.3, -0.25) is 9.59 Å². The number of aryl methyl sites for hydroxylation is 1. The highest BCUT2D eigenvalue weighted by molar-refractivity contribution is 5.74. The Morgan fingerprint density at radius 1 is 1.06 bits per heavy atom. The standard InChI is InChI=1S/C23H36N2O6/c1-16(19(13-14-20(24)26)25-22(29)31-23(2,3)4)30-15-18-11-9-17(10-12-18)7-5-6-8-21(27)28/h9-12,16,19H,5-8,13-15H2,1-4H3,(H2,24,26)(H,25,29)(H,27,28)/t16-,19+/m1/s1. The monoisotopic (exact) mass is 436 g/mol. The zero-order valence-electron chi connectivity index (χ0n) is 19.0. The molecule has 1 rings (SSSR count). The molecule has 8 nitrogen and oxygen atoms in total. The molecule has 1 aromatic carbocycles. The van der Waals surface area contributed by atoms with Crippen LogP contribution in [-0.2, 0) is 32.1 Å². The number of amides is 2. The molecule has 0 saturated carbocycles. The van der Waals surface area contributed by atoms with E-state index in [1.54, 1.807) is 20.8 Å². The summed E-state index contributed by atoms with van der Waals surface area (Å²) < 4.78 is 11.2. The molecule has 0 aromatic heterocycles. The number of aliphatic carboxylic acids is 1. The molecule has 31 heavy (non-hydrogen) atoms. The van der Waals surface area contributed by atoms with E-state index < -0.39 is 29.6 Å². The van der Waals surface area contributed by atoms with E-state index in [0.717, 1.165) is 24.0 Å². The minimum atomic E-state index is -0.767. The number of carbonyl (C=O) groups is 3. The summed E-state index contributed by atoms with van der Waals surface area (Å²) in [5.41, 5.74) is 6.76. The normalized spacial score (nSPS) is 13.3. The van der Waals surface area contributed by atoms with Gasteiger partial charge in [-0.15, -0.1) is 0 Å². The summed E-state index contributed by atoms with van der Waals surface area (Å²) in [5.74, 6) is -1.21. The van der Waals surface area contributed by atoms with E-state index in [1.807, 2.05) is 31.2 Å². The van der Waals surface area contributed by atoms with Gasteiger partial charge in [0.15, 0.2) is 0 Å². The van der Waals surface area contributed by atoms with Crippen molar-refractivity contribution in [1.29, 1.82) is 0 Å². The van der Waals surface area contributed by atoms with Crippen LogP contribution in [0.5, 0.6) is 0 Å². The van der Waals surface area contributed by atoms with Crippen LogP contribution < -0.4 is 11.1 Å². The van der Waals surface area contributed by atoms with Crippen LogP contribution in [0.15, 0.2) is 24.3 Å². The maximum atomic E-state index is 12.1. The van der Waals surface area contributed by atoms with Crippen LogP contribution in [0.1, 0.15) is 70.9 Å². The molecule has 0 heterocycles. The Balaban J connectivity index is 2.57. The molecule has 0 saturated heterocycles. The largest absolute Gasteiger partial charge is 0.481 e. The van der Waals surface area contributed by atoms with Crippen molar-refractivity contribution in [2.24, 2.45) is 5.73 Å². The van der Waals surface area contributed by atoms with E-state index in [9.17, 15) is 14.4 Å². The van der Waals surface area contributed by atoms with Gasteiger partial charge >= 0.3 is 12.1 Å². The van der Waals surface area contributed by atoms with E-state index in [1.165, 1.54) is 0 Å². The van der Waals surface area contributed by atoms with Gasteiger partial charge in [0.1, 0.15) is 5.60 Å². The summed E-state index contributed by atoms with van der Waals surface area (Å²) in [6, 6.07) is 7.54. The fourth-order valence-corrected chi connectivity index (χ4v) is 2.93. The lowest BCUT2D eigenvalue weighted by molar-refractivity contribution is -0.137. The zero-order valence-corrected chi connectivity index (χ0v) is 19.0. The third-order valence-electron chi connectivity index (χ3n) is 4.61. The lowest BCUT2D eigenvalue weighted by Crippen LogP contribution is -2.45. The summed E-state index contributed by atoms with van der Waals surface area (Å²) in [5, 5.41) is 11.5. The Morgan fingerprint density at radius 3 is 2.23 bits per heavy atom. The number of hydrogen-bond acceptors (Lipinski definition) is 5. The van der Waals surface area contributed by atoms with Crippen LogP contribution in [-0.4, -0.2) is 40.8 Å². The van der Waals surface area contributed by atoms with Crippen molar-refractivity contribution in [3.05, 3.63) is 35.4 Å². The summed E-state index contributed by atoms with van der Waals surface area (Å²) >= 11 is 0. The third-order valence-corrected chi connectivity index (χ3v) is 4.61. The highest BCUT2D eigenvalue weighted by atomic mass is 16.6. The van der Waals surface area contributed by atoms with Gasteiger partial charge in [-0.1, -0.05) is 24.3 Å². The van der Waals surface area contributed by atoms with Crippen molar-refractivity contribution in [2.75, 3.05) is 0 Å². The second-order valence-corrected chi connectivity index (χ2v) is 8.69. The van der Waals surface area contributed by atoms with Crippen molar-refractivity contribution in [3.63, 3.8) is 0 Å². The number of rotatable bonds is 13. The first kappa shape index (κ1) is 26.4. The second kappa shape index (κ2) is 12.9. The number of carboxylic acid groups (broad SMARTS) is 1. The maximum absolute atomic E-state index is 12.1. The molecule has 2 amide bonds. The first-order valence-electron chi connectivity index (χ1n) is 10.7. The fourth-order valence-electron chi connectivity index (χ4n) is 2.93. The molecule has 4 N–H and O–H groups in total. The van der Waals surface area contributed by atoms with Gasteiger partial charge < -0.3 is 25.6 Å². The molecule has 0 fully saturated rings. The number of carbonyl (C=O) groups excluding carboxylic acids is 2. The molecule has 0 aliphatic rings. The highest BCUT2D eigenvalue weighted by Gasteiger charge is 2.24. The molecule has 0 radical (unpaired) electrons. The van der Waals surface area contributed by atoms with Crippen molar-refractivity contribution in [1.82, 2.24) is 5.32 Å². The van der Waals surface area contributed by atoms with Crippen LogP contribution in [0.4, 0.5) is 4.79 Å². The number of alkyl carbamates (subject to hydrolysis) is 1. The number of hydrogen-bond donors (Lipinski definition) is 3. The van der Waals surface area contributed by atoms with E-state index in [0.29, 0.717) is 19.4 Å². The van der Waals surface area contributed by atoms with Gasteiger partial charge in [0.05, 0.1) is 18.8 Å². The van der Waals surface area contributed by atoms with Gasteiger partial charge in [-0.2, -0.15) is 0 Å². The topological polar surface area (TPSA) is 128 Å². The quantitative estimate of drug-likeness (QED) is 0.406. The van der Waals surface area contributed by atoms with E-state index >= 15 is 0 Å². The summed E-state index contributed by atoms with van der Waals surface area (Å²) in [6.45, 7) is 7.52. The van der Waals surface area contributed by atoms with E-state index in [2.05, 4.69) is 5.32 Å². The molecule has 0 aliphatic carbocycles. The van der Waals surface area contributed by atoms with Gasteiger partial charge in [0.25, 0.3) is 0 Å². The Labute approximate surface area is 184 Å². The predicted octanol–water partition coefficient (Wildman–Crippen LogP) is 3.55. The number of ether oxygens (including phenoxy) is 2. The molecule has 0 unspecified atom stereocenters. The lowest BCUT2D eigenvalue weighted by Gasteiger charge is -2.27. The first-order valence-corrected chi connectivity index (χ1v) is 10.7. The number of carboxylic acids is 1. The smallest absolute Gasteiger partial charge is 0.407 e. The van der Waals surface area contributed by atoms with Gasteiger partial charge in [-0.05, 0) is 64.5 Å². The van der Waals surface area contributed by atoms with Crippen molar-refractivity contribution >= 4 is 18.0 Å². The summed E-state index contributed by atoms with van der Waals surface area (Å²) in [7, 11) is 0. The summed E-state index contributed by atoms with van der Waals surface area (Å²) in [6.07, 6.45) is 2.08. The molecule has 0 aliphatic heterocycles. The molecule has 0 spiro atoms. The number of primary amides is 1. The molecular formula is C23H36N2O6. The van der Waals surface area contributed by atoms with Crippen LogP contribution in [0.3, 0.4) is 0 Å². The Kier molecular flexibility index (Phi) is 11.0. The average Bonchev–Trinajstić information content (AvgIpc) is 2.65. The molecule has 1 aromatic rings. The number of unbranched alkanes of at least 4 members (excludes halogenated alkanes) is 1. The molecule has 2 atom stereocenters. The van der Waals surface area contributed by atoms with Crippen LogP contribution in [0.25, 0.3) is 0 Å². The van der Waals surface area contributed by atoms with Crippen LogP contribution in [0, 0.1) is 0 Å². The molecule has 8 heteroatoms. The molecule has 174 valence electrons. The minimum Gasteiger partial charge on any atom is -0.481 e. The average molecular weight is 437 g/mol. The second-order valence-electron chi connectivity index (χ2n) is 8.69. The number of nitrogens with two attached hydrogens (primary N) is 1. The number of nitrogens with one attached hydrogen (secondary N) is 1. The lowest BCUT2D eigenvalue weighted by atomic mass is 10.0. The van der Waals surface area contributed by atoms with Crippen molar-refractivity contribution < 1.29 is 29.0 Å². The zero-order chi connectivity index (χ0) is 23.4. The summed E-state index contributed by atoms with van der Waals surface area (Å²) in [4.78, 5) is 33.9. The fraction of sp³-hybridized carbons (Fsp3) is 0.609. The van der Waals surface area contributed by atoms with Crippen LogP contribution in [0.2, 0.25) is 0 Å². The Morgan fingerprint density at radius 2 is 1.68 bits per heavy atom. The highest BCUT2D eigenvalue weighted by Crippen LogP contribution is 2.14. The molecular weight excluding hydrogens is 400 g/mol. The van der Waals surface area contributed by atoms with Gasteiger partial charge in [0.2, 0.25) is 5.91 Å².